The monoisotopic (exact) mass is 327 g/mol. The topological polar surface area (TPSA) is 21.1 Å². The van der Waals surface area contributed by atoms with Crippen molar-refractivity contribution in [1.82, 2.24) is 14.7 Å². The van der Waals surface area contributed by atoms with Crippen molar-refractivity contribution in [3.63, 3.8) is 0 Å². The molecule has 0 N–H and O–H groups in total. The molecule has 0 amide bonds. The highest BCUT2D eigenvalue weighted by atomic mass is 79.9. The van der Waals surface area contributed by atoms with Crippen LogP contribution in [0.1, 0.15) is 50.4 Å². The second kappa shape index (κ2) is 7.44. The molecule has 0 unspecified atom stereocenters. The summed E-state index contributed by atoms with van der Waals surface area (Å²) in [4.78, 5) is 2.65. The van der Waals surface area contributed by atoms with Gasteiger partial charge in [0.25, 0.3) is 0 Å². The van der Waals surface area contributed by atoms with Gasteiger partial charge in [-0.3, -0.25) is 9.58 Å². The molecule has 3 nitrogen and oxygen atoms in total. The van der Waals surface area contributed by atoms with Gasteiger partial charge in [0.05, 0.1) is 11.4 Å². The Hall–Kier alpha value is -0.350. The highest BCUT2D eigenvalue weighted by molar-refractivity contribution is 9.09. The maximum absolute atomic E-state index is 4.57. The molecule has 1 aromatic rings. The largest absolute Gasteiger partial charge is 0.294 e. The second-order valence-electron chi connectivity index (χ2n) is 5.54. The molecule has 0 radical (unpaired) electrons. The fourth-order valence-electron chi connectivity index (χ4n) is 3.15. The van der Waals surface area contributed by atoms with Gasteiger partial charge in [-0.05, 0) is 32.8 Å². The first-order chi connectivity index (χ1) is 9.24. The van der Waals surface area contributed by atoms with Crippen molar-refractivity contribution in [3.8, 4) is 0 Å². The van der Waals surface area contributed by atoms with E-state index in [0.717, 1.165) is 36.7 Å². The summed E-state index contributed by atoms with van der Waals surface area (Å²) in [6, 6.07) is 3.01. The molecule has 1 aliphatic rings. The van der Waals surface area contributed by atoms with Gasteiger partial charge in [-0.1, -0.05) is 35.2 Å². The van der Waals surface area contributed by atoms with Crippen molar-refractivity contribution in [1.29, 1.82) is 0 Å². The lowest BCUT2D eigenvalue weighted by molar-refractivity contribution is 0.154. The van der Waals surface area contributed by atoms with Crippen LogP contribution in [0.4, 0.5) is 0 Å². The zero-order valence-corrected chi connectivity index (χ0v) is 13.8. The first kappa shape index (κ1) is 15.0. The van der Waals surface area contributed by atoms with Crippen LogP contribution in [0, 0.1) is 6.92 Å². The summed E-state index contributed by atoms with van der Waals surface area (Å²) in [7, 11) is 0. The summed E-state index contributed by atoms with van der Waals surface area (Å²) in [6.07, 6.45) is 6.95. The lowest BCUT2D eigenvalue weighted by atomic mass is 9.94. The van der Waals surface area contributed by atoms with Gasteiger partial charge in [-0.25, -0.2) is 0 Å². The molecule has 1 aliphatic carbocycles. The van der Waals surface area contributed by atoms with Gasteiger partial charge in [0.15, 0.2) is 0 Å². The molecule has 0 atom stereocenters. The molecule has 0 spiro atoms. The van der Waals surface area contributed by atoms with Crippen LogP contribution >= 0.6 is 15.9 Å². The second-order valence-corrected chi connectivity index (χ2v) is 6.34. The Balaban J connectivity index is 2.06. The molecule has 1 heterocycles. The quantitative estimate of drug-likeness (QED) is 0.742. The predicted octanol–water partition coefficient (Wildman–Crippen LogP) is 3.74. The van der Waals surface area contributed by atoms with Crippen molar-refractivity contribution in [2.75, 3.05) is 11.9 Å². The van der Waals surface area contributed by atoms with Crippen LogP contribution in [-0.2, 0) is 13.1 Å². The Labute approximate surface area is 125 Å². The first-order valence-corrected chi connectivity index (χ1v) is 8.70. The number of nitrogens with zero attached hydrogens (tertiary/aromatic N) is 3. The minimum absolute atomic E-state index is 0.770. The molecular formula is C15H26BrN3. The lowest BCUT2D eigenvalue weighted by Gasteiger charge is -2.34. The van der Waals surface area contributed by atoms with Gasteiger partial charge in [-0.2, -0.15) is 5.10 Å². The zero-order valence-electron chi connectivity index (χ0n) is 12.2. The third-order valence-electron chi connectivity index (χ3n) is 4.11. The highest BCUT2D eigenvalue weighted by Crippen LogP contribution is 2.24. The molecule has 0 bridgehead atoms. The third-order valence-corrected chi connectivity index (χ3v) is 4.47. The molecule has 0 saturated heterocycles. The van der Waals surface area contributed by atoms with Crippen molar-refractivity contribution in [3.05, 3.63) is 17.5 Å². The summed E-state index contributed by atoms with van der Waals surface area (Å²) in [6.45, 7) is 7.41. The van der Waals surface area contributed by atoms with E-state index in [4.69, 9.17) is 0 Å². The van der Waals surface area contributed by atoms with E-state index in [-0.39, 0.29) is 0 Å². The number of hydrogen-bond donors (Lipinski definition) is 0. The molecule has 2 rings (SSSR count). The Morgan fingerprint density at radius 1 is 1.37 bits per heavy atom. The van der Waals surface area contributed by atoms with Crippen molar-refractivity contribution < 1.29 is 0 Å². The smallest absolute Gasteiger partial charge is 0.0597 e. The summed E-state index contributed by atoms with van der Waals surface area (Å²) in [5.74, 6) is 0. The van der Waals surface area contributed by atoms with Crippen molar-refractivity contribution >= 4 is 15.9 Å². The van der Waals surface area contributed by atoms with Crippen LogP contribution in [0.15, 0.2) is 6.07 Å². The Morgan fingerprint density at radius 2 is 2.11 bits per heavy atom. The predicted molar refractivity (Wildman–Crippen MR) is 83.7 cm³/mol. The Morgan fingerprint density at radius 3 is 2.74 bits per heavy atom. The average molecular weight is 328 g/mol. The Kier molecular flexibility index (Phi) is 5.89. The van der Waals surface area contributed by atoms with Gasteiger partial charge in [0.2, 0.25) is 0 Å². The van der Waals surface area contributed by atoms with E-state index in [0.29, 0.717) is 0 Å². The van der Waals surface area contributed by atoms with E-state index in [2.05, 4.69) is 50.5 Å². The van der Waals surface area contributed by atoms with Crippen molar-refractivity contribution in [2.24, 2.45) is 0 Å². The van der Waals surface area contributed by atoms with E-state index < -0.39 is 0 Å². The van der Waals surface area contributed by atoms with Gasteiger partial charge in [0.1, 0.15) is 0 Å². The SMILES string of the molecule is CCn1nc(C)cc1CN(CCBr)C1CCCCC1. The fourth-order valence-corrected chi connectivity index (χ4v) is 3.61. The van der Waals surface area contributed by atoms with E-state index in [1.807, 2.05) is 0 Å². The number of rotatable bonds is 6. The summed E-state index contributed by atoms with van der Waals surface area (Å²) >= 11 is 3.61. The molecule has 0 aromatic carbocycles. The number of halogens is 1. The van der Waals surface area contributed by atoms with Gasteiger partial charge in [-0.15, -0.1) is 0 Å². The van der Waals surface area contributed by atoms with Crippen molar-refractivity contribution in [2.45, 2.75) is 65.1 Å². The number of hydrogen-bond acceptors (Lipinski definition) is 2. The minimum Gasteiger partial charge on any atom is -0.294 e. The molecule has 1 fully saturated rings. The summed E-state index contributed by atoms with van der Waals surface area (Å²) < 4.78 is 2.15. The normalized spacial score (nSPS) is 17.3. The molecular weight excluding hydrogens is 302 g/mol. The van der Waals surface area contributed by atoms with Gasteiger partial charge >= 0.3 is 0 Å². The van der Waals surface area contributed by atoms with E-state index in [1.54, 1.807) is 0 Å². The van der Waals surface area contributed by atoms with Crippen LogP contribution in [-0.4, -0.2) is 32.6 Å². The third kappa shape index (κ3) is 4.06. The Bertz CT molecular complexity index is 383. The standard InChI is InChI=1S/C15H26BrN3/c1-3-19-15(11-13(2)17-19)12-18(10-9-16)14-7-5-4-6-8-14/h11,14H,3-10,12H2,1-2H3. The molecule has 1 aromatic heterocycles. The maximum atomic E-state index is 4.57. The van der Waals surface area contributed by atoms with E-state index in [1.165, 1.54) is 37.8 Å². The molecule has 1 saturated carbocycles. The average Bonchev–Trinajstić information content (AvgIpc) is 2.79. The molecule has 19 heavy (non-hydrogen) atoms. The first-order valence-electron chi connectivity index (χ1n) is 7.58. The minimum atomic E-state index is 0.770. The molecule has 4 heteroatoms. The van der Waals surface area contributed by atoms with Gasteiger partial charge in [0, 0.05) is 31.0 Å². The fraction of sp³-hybridized carbons (Fsp3) is 0.800. The van der Waals surface area contributed by atoms with Crippen LogP contribution in [0.25, 0.3) is 0 Å². The number of aryl methyl sites for hydroxylation is 2. The molecule has 0 aliphatic heterocycles. The van der Waals surface area contributed by atoms with E-state index >= 15 is 0 Å². The summed E-state index contributed by atoms with van der Waals surface area (Å²) in [5.41, 5.74) is 2.51. The highest BCUT2D eigenvalue weighted by Gasteiger charge is 2.21. The van der Waals surface area contributed by atoms with E-state index in [9.17, 15) is 0 Å². The summed E-state index contributed by atoms with van der Waals surface area (Å²) in [5, 5.41) is 5.62. The maximum Gasteiger partial charge on any atom is 0.0597 e. The van der Waals surface area contributed by atoms with Crippen LogP contribution in [0.5, 0.6) is 0 Å². The number of aromatic nitrogens is 2. The number of alkyl halides is 1. The lowest BCUT2D eigenvalue weighted by Crippen LogP contribution is -2.38. The van der Waals surface area contributed by atoms with Crippen LogP contribution in [0.2, 0.25) is 0 Å². The van der Waals surface area contributed by atoms with Gasteiger partial charge < -0.3 is 0 Å². The zero-order chi connectivity index (χ0) is 13.7. The van der Waals surface area contributed by atoms with Crippen LogP contribution in [0.3, 0.4) is 0 Å². The molecule has 108 valence electrons. The van der Waals surface area contributed by atoms with Crippen LogP contribution < -0.4 is 0 Å².